The molecule has 1 radical (unpaired) electrons. The fraction of sp³-hybridized carbons (Fsp3) is 0.571. The Hall–Kier alpha value is -0.0200. The molecule has 0 aliphatic rings. The summed E-state index contributed by atoms with van der Waals surface area (Å²) in [7, 11) is 0. The summed E-state index contributed by atoms with van der Waals surface area (Å²) >= 11 is 25.0. The molecule has 20 heavy (non-hydrogen) atoms. The van der Waals surface area contributed by atoms with Gasteiger partial charge in [0.1, 0.15) is 22.0 Å². The van der Waals surface area contributed by atoms with E-state index in [2.05, 4.69) is 6.07 Å². The largest absolute Gasteiger partial charge is 0.337 e. The average Bonchev–Trinajstić information content (AvgIpc) is 2.29. The van der Waals surface area contributed by atoms with Crippen molar-refractivity contribution >= 4 is 57.8 Å². The van der Waals surface area contributed by atoms with Gasteiger partial charge in [-0.25, -0.2) is 0 Å². The molecule has 113 valence electrons. The molecule has 0 spiro atoms. The lowest BCUT2D eigenvalue weighted by atomic mass is 10.2. The van der Waals surface area contributed by atoms with Gasteiger partial charge < -0.3 is 9.80 Å². The number of rotatable bonds is 6. The van der Waals surface area contributed by atoms with Gasteiger partial charge in [0.2, 0.25) is 0 Å². The highest BCUT2D eigenvalue weighted by Crippen LogP contribution is 2.36. The van der Waals surface area contributed by atoms with E-state index in [9.17, 15) is 0 Å². The van der Waals surface area contributed by atoms with Crippen LogP contribution >= 0.6 is 46.4 Å². The van der Waals surface area contributed by atoms with Crippen molar-refractivity contribution in [1.82, 2.24) is 0 Å². The zero-order valence-corrected chi connectivity index (χ0v) is 15.0. The van der Waals surface area contributed by atoms with Crippen molar-refractivity contribution in [3.63, 3.8) is 0 Å². The van der Waals surface area contributed by atoms with Crippen LogP contribution in [-0.4, -0.2) is 22.0 Å². The second-order valence-corrected chi connectivity index (χ2v) is 7.04. The number of hydrogen-bond donors (Lipinski definition) is 0. The van der Waals surface area contributed by atoms with Crippen LogP contribution < -0.4 is 9.80 Å². The van der Waals surface area contributed by atoms with Gasteiger partial charge in [0, 0.05) is 6.07 Å². The van der Waals surface area contributed by atoms with Gasteiger partial charge in [-0.2, -0.15) is 0 Å². The fourth-order valence-corrected chi connectivity index (χ4v) is 3.34. The summed E-state index contributed by atoms with van der Waals surface area (Å²) in [5.74, 6) is 0. The predicted molar refractivity (Wildman–Crippen MR) is 91.5 cm³/mol. The molecule has 1 aromatic carbocycles. The number of benzene rings is 1. The Morgan fingerprint density at radius 2 is 1.30 bits per heavy atom. The van der Waals surface area contributed by atoms with Crippen molar-refractivity contribution in [3.05, 3.63) is 24.3 Å². The van der Waals surface area contributed by atoms with Crippen LogP contribution in [0.2, 0.25) is 0 Å². The van der Waals surface area contributed by atoms with Crippen LogP contribution in [0.15, 0.2) is 18.2 Å². The van der Waals surface area contributed by atoms with E-state index in [1.165, 1.54) is 0 Å². The van der Waals surface area contributed by atoms with Crippen LogP contribution in [0.25, 0.3) is 0 Å². The minimum absolute atomic E-state index is 0.268. The quantitative estimate of drug-likeness (QED) is 0.494. The van der Waals surface area contributed by atoms with E-state index in [-0.39, 0.29) is 22.0 Å². The normalized spacial score (nSPS) is 17.2. The first kappa shape index (κ1) is 18.0. The maximum Gasteiger partial charge on any atom is 0.102 e. The predicted octanol–water partition coefficient (Wildman–Crippen LogP) is 5.44. The van der Waals surface area contributed by atoms with Crippen molar-refractivity contribution in [2.45, 2.75) is 49.7 Å². The van der Waals surface area contributed by atoms with E-state index >= 15 is 0 Å². The van der Waals surface area contributed by atoms with Gasteiger partial charge in [0.05, 0.1) is 11.4 Å². The minimum atomic E-state index is -0.280. The number of nitrogens with zero attached hydrogens (tertiary/aromatic N) is 2. The monoisotopic (exact) mass is 355 g/mol. The van der Waals surface area contributed by atoms with Crippen molar-refractivity contribution in [2.75, 3.05) is 9.80 Å². The molecule has 1 aromatic rings. The molecule has 0 heterocycles. The van der Waals surface area contributed by atoms with Crippen molar-refractivity contribution in [3.8, 4) is 0 Å². The molecule has 0 aliphatic carbocycles. The SMILES string of the molecule is CC(Cl)N(c1[c]cccc1N(C(C)Cl)C(C)Cl)C(C)Cl. The molecule has 0 bridgehead atoms. The van der Waals surface area contributed by atoms with Crippen molar-refractivity contribution < 1.29 is 0 Å². The topological polar surface area (TPSA) is 6.48 Å². The molecule has 0 amide bonds. The Bertz CT molecular complexity index is 366. The van der Waals surface area contributed by atoms with Crippen molar-refractivity contribution in [2.24, 2.45) is 0 Å². The first-order chi connectivity index (χ1) is 9.27. The van der Waals surface area contributed by atoms with Gasteiger partial charge in [-0.3, -0.25) is 0 Å². The van der Waals surface area contributed by atoms with Crippen LogP contribution in [0.1, 0.15) is 27.7 Å². The zero-order chi connectivity index (χ0) is 15.4. The van der Waals surface area contributed by atoms with E-state index < -0.39 is 0 Å². The summed E-state index contributed by atoms with van der Waals surface area (Å²) in [5, 5.41) is 0. The van der Waals surface area contributed by atoms with Crippen LogP contribution in [-0.2, 0) is 0 Å². The minimum Gasteiger partial charge on any atom is -0.337 e. The lowest BCUT2D eigenvalue weighted by Gasteiger charge is -2.37. The van der Waals surface area contributed by atoms with Crippen LogP contribution in [0.4, 0.5) is 11.4 Å². The molecule has 0 aromatic heterocycles. The Labute approximate surface area is 141 Å². The summed E-state index contributed by atoms with van der Waals surface area (Å²) < 4.78 is 0. The molecule has 0 aliphatic heterocycles. The Balaban J connectivity index is 3.34. The van der Waals surface area contributed by atoms with E-state index in [4.69, 9.17) is 46.4 Å². The number of anilines is 2. The second-order valence-electron chi connectivity index (χ2n) is 4.51. The first-order valence-corrected chi connectivity index (χ1v) is 8.15. The summed E-state index contributed by atoms with van der Waals surface area (Å²) in [5.41, 5.74) is 0.552. The lowest BCUT2D eigenvalue weighted by molar-refractivity contribution is 0.740. The molecule has 4 atom stereocenters. The standard InChI is InChI=1S/C14H19Cl4N2/c1-9(15)19(10(2)16)13-7-5-6-8-14(13)20(11(3)17)12(4)18/h5-7,9-12H,1-4H3. The molecule has 0 saturated heterocycles. The fourth-order valence-electron chi connectivity index (χ4n) is 2.14. The number of para-hydroxylation sites is 1. The van der Waals surface area contributed by atoms with Gasteiger partial charge in [-0.1, -0.05) is 58.5 Å². The maximum absolute atomic E-state index is 6.25. The highest BCUT2D eigenvalue weighted by Gasteiger charge is 2.26. The molecule has 4 unspecified atom stereocenters. The van der Waals surface area contributed by atoms with Gasteiger partial charge in [0.25, 0.3) is 0 Å². The molecule has 1 rings (SSSR count). The summed E-state index contributed by atoms with van der Waals surface area (Å²) in [6, 6.07) is 8.84. The summed E-state index contributed by atoms with van der Waals surface area (Å²) in [6.07, 6.45) is 0. The smallest absolute Gasteiger partial charge is 0.102 e. The third-order valence-electron chi connectivity index (χ3n) is 2.88. The lowest BCUT2D eigenvalue weighted by Crippen LogP contribution is -2.39. The average molecular weight is 357 g/mol. The number of halogens is 4. The molecule has 0 fully saturated rings. The number of hydrogen-bond acceptors (Lipinski definition) is 2. The molecule has 2 nitrogen and oxygen atoms in total. The third-order valence-corrected chi connectivity index (χ3v) is 3.72. The summed E-state index contributed by atoms with van der Waals surface area (Å²) in [6.45, 7) is 7.47. The van der Waals surface area contributed by atoms with Gasteiger partial charge in [0.15, 0.2) is 0 Å². The van der Waals surface area contributed by atoms with Crippen molar-refractivity contribution in [1.29, 1.82) is 0 Å². The van der Waals surface area contributed by atoms with Gasteiger partial charge >= 0.3 is 0 Å². The molecular weight excluding hydrogens is 338 g/mol. The van der Waals surface area contributed by atoms with Gasteiger partial charge in [-0.05, 0) is 33.8 Å². The Kier molecular flexibility index (Phi) is 7.07. The van der Waals surface area contributed by atoms with Crippen LogP contribution in [0.5, 0.6) is 0 Å². The van der Waals surface area contributed by atoms with E-state index in [0.29, 0.717) is 0 Å². The summed E-state index contributed by atoms with van der Waals surface area (Å²) in [4.78, 5) is 3.75. The maximum atomic E-state index is 6.25. The van der Waals surface area contributed by atoms with E-state index in [0.717, 1.165) is 11.4 Å². The Morgan fingerprint density at radius 1 is 0.850 bits per heavy atom. The second kappa shape index (κ2) is 7.84. The third kappa shape index (κ3) is 4.24. The first-order valence-electron chi connectivity index (χ1n) is 6.41. The molecular formula is C14H19Cl4N2. The van der Waals surface area contributed by atoms with Crippen LogP contribution in [0.3, 0.4) is 0 Å². The highest BCUT2D eigenvalue weighted by molar-refractivity contribution is 6.27. The van der Waals surface area contributed by atoms with Gasteiger partial charge in [-0.15, -0.1) is 0 Å². The number of alkyl halides is 4. The Morgan fingerprint density at radius 3 is 1.70 bits per heavy atom. The zero-order valence-electron chi connectivity index (χ0n) is 11.9. The molecule has 0 N–H and O–H groups in total. The van der Waals surface area contributed by atoms with E-state index in [1.54, 1.807) is 0 Å². The van der Waals surface area contributed by atoms with E-state index in [1.807, 2.05) is 55.7 Å². The van der Waals surface area contributed by atoms with Crippen LogP contribution in [0, 0.1) is 6.07 Å². The molecule has 0 saturated carbocycles. The highest BCUT2D eigenvalue weighted by atomic mass is 35.5. The molecule has 6 heteroatoms.